The predicted molar refractivity (Wildman–Crippen MR) is 82.6 cm³/mol. The van der Waals surface area contributed by atoms with Crippen LogP contribution in [0.1, 0.15) is 23.3 Å². The van der Waals surface area contributed by atoms with Crippen molar-refractivity contribution >= 4 is 33.0 Å². The summed E-state index contributed by atoms with van der Waals surface area (Å²) >= 11 is 5.20. The van der Waals surface area contributed by atoms with E-state index in [1.807, 2.05) is 6.07 Å². The summed E-state index contributed by atoms with van der Waals surface area (Å²) in [5, 5.41) is 2.76. The number of anilines is 1. The molecule has 0 atom stereocenters. The second-order valence-electron chi connectivity index (χ2n) is 4.82. The van der Waals surface area contributed by atoms with Crippen LogP contribution in [0.2, 0.25) is 0 Å². The van der Waals surface area contributed by atoms with E-state index in [0.29, 0.717) is 11.4 Å². The van der Waals surface area contributed by atoms with Gasteiger partial charge in [0.1, 0.15) is 5.82 Å². The van der Waals surface area contributed by atoms with Gasteiger partial charge in [-0.3, -0.25) is 0 Å². The van der Waals surface area contributed by atoms with Crippen LogP contribution in [0.25, 0.3) is 0 Å². The minimum Gasteiger partial charge on any atom is -0.361 e. The van der Waals surface area contributed by atoms with Gasteiger partial charge in [-0.25, -0.2) is 4.39 Å². The van der Waals surface area contributed by atoms with Gasteiger partial charge in [0, 0.05) is 16.2 Å². The first-order valence-corrected chi connectivity index (χ1v) is 8.42. The molecule has 0 amide bonds. The summed E-state index contributed by atoms with van der Waals surface area (Å²) in [6.45, 7) is 0.809. The highest BCUT2D eigenvalue weighted by Crippen LogP contribution is 2.37. The highest BCUT2D eigenvalue weighted by atomic mass is 79.9. The molecule has 3 rings (SSSR count). The van der Waals surface area contributed by atoms with Crippen LogP contribution in [-0.4, -0.2) is 6.04 Å². The highest BCUT2D eigenvalue weighted by Gasteiger charge is 2.32. The van der Waals surface area contributed by atoms with Crippen molar-refractivity contribution in [2.45, 2.75) is 30.8 Å². The zero-order valence-electron chi connectivity index (χ0n) is 10.5. The minimum absolute atomic E-state index is 0.111. The van der Waals surface area contributed by atoms with Crippen LogP contribution in [0.5, 0.6) is 0 Å². The molecule has 0 radical (unpaired) electrons. The number of hydrogen-bond acceptors (Lipinski definition) is 2. The molecule has 100 valence electrons. The molecular weight excluding hydrogens is 325 g/mol. The lowest BCUT2D eigenvalue weighted by Gasteiger charge is -2.26. The summed E-state index contributed by atoms with van der Waals surface area (Å²) in [5.41, 5.74) is 1.80. The van der Waals surface area contributed by atoms with Crippen molar-refractivity contribution in [1.82, 2.24) is 0 Å². The van der Waals surface area contributed by atoms with E-state index >= 15 is 0 Å². The number of benzene rings is 1. The fourth-order valence-electron chi connectivity index (χ4n) is 2.34. The van der Waals surface area contributed by atoms with Crippen molar-refractivity contribution in [3.63, 3.8) is 0 Å². The Morgan fingerprint density at radius 3 is 2.74 bits per heavy atom. The number of hydrogen-bond donors (Lipinski definition) is 0. The molecule has 0 bridgehead atoms. The molecule has 1 aromatic heterocycles. The Bertz CT molecular complexity index is 551. The molecule has 1 aromatic carbocycles. The molecule has 2 aromatic rings. The maximum atomic E-state index is 14.2. The third-order valence-electron chi connectivity index (χ3n) is 3.40. The molecule has 0 aliphatic heterocycles. The maximum Gasteiger partial charge on any atom is 0.146 e. The van der Waals surface area contributed by atoms with Gasteiger partial charge in [-0.15, -0.1) is 11.3 Å². The molecule has 1 aliphatic carbocycles. The first kappa shape index (κ1) is 13.1. The number of nitrogens with zero attached hydrogens (tertiary/aromatic N) is 1. The van der Waals surface area contributed by atoms with Gasteiger partial charge in [0.2, 0.25) is 0 Å². The second kappa shape index (κ2) is 5.63. The molecule has 0 spiro atoms. The summed E-state index contributed by atoms with van der Waals surface area (Å²) in [5.74, 6) is -0.111. The van der Waals surface area contributed by atoms with Crippen LogP contribution in [0.3, 0.4) is 0 Å². The average molecular weight is 340 g/mol. The van der Waals surface area contributed by atoms with Gasteiger partial charge >= 0.3 is 0 Å². The summed E-state index contributed by atoms with van der Waals surface area (Å²) in [6, 6.07) is 10.0. The fourth-order valence-corrected chi connectivity index (χ4v) is 3.49. The second-order valence-corrected chi connectivity index (χ2v) is 6.41. The van der Waals surface area contributed by atoms with Crippen LogP contribution in [0.4, 0.5) is 10.1 Å². The Hall–Kier alpha value is -0.870. The van der Waals surface area contributed by atoms with Gasteiger partial charge in [0.15, 0.2) is 0 Å². The molecule has 4 heteroatoms. The first-order valence-electron chi connectivity index (χ1n) is 6.42. The van der Waals surface area contributed by atoms with Gasteiger partial charge in [-0.2, -0.15) is 0 Å². The van der Waals surface area contributed by atoms with Crippen molar-refractivity contribution in [3.05, 3.63) is 52.0 Å². The zero-order valence-corrected chi connectivity index (χ0v) is 12.9. The maximum absolute atomic E-state index is 14.2. The number of rotatable bonds is 5. The molecule has 1 saturated carbocycles. The van der Waals surface area contributed by atoms with Crippen LogP contribution in [0.15, 0.2) is 35.7 Å². The van der Waals surface area contributed by atoms with E-state index in [1.54, 1.807) is 23.5 Å². The largest absolute Gasteiger partial charge is 0.361 e. The molecular formula is C15H15BrFNS. The lowest BCUT2D eigenvalue weighted by Crippen LogP contribution is -2.26. The number of para-hydroxylation sites is 1. The van der Waals surface area contributed by atoms with Crippen molar-refractivity contribution in [1.29, 1.82) is 0 Å². The van der Waals surface area contributed by atoms with E-state index in [4.69, 9.17) is 0 Å². The van der Waals surface area contributed by atoms with Crippen molar-refractivity contribution in [3.8, 4) is 0 Å². The zero-order chi connectivity index (χ0) is 13.2. The topological polar surface area (TPSA) is 3.24 Å². The van der Waals surface area contributed by atoms with E-state index in [2.05, 4.69) is 38.3 Å². The van der Waals surface area contributed by atoms with Gasteiger partial charge in [0.05, 0.1) is 12.2 Å². The smallest absolute Gasteiger partial charge is 0.146 e. The molecule has 1 fully saturated rings. The number of halogens is 2. The summed E-state index contributed by atoms with van der Waals surface area (Å²) < 4.78 is 14.2. The Labute approximate surface area is 125 Å². The van der Waals surface area contributed by atoms with Crippen molar-refractivity contribution in [2.75, 3.05) is 4.90 Å². The molecule has 0 saturated heterocycles. The monoisotopic (exact) mass is 339 g/mol. The number of alkyl halides is 1. The molecule has 1 nitrogen and oxygen atoms in total. The Morgan fingerprint density at radius 2 is 2.11 bits per heavy atom. The van der Waals surface area contributed by atoms with Crippen LogP contribution < -0.4 is 4.90 Å². The molecule has 1 heterocycles. The van der Waals surface area contributed by atoms with E-state index in [1.165, 1.54) is 17.7 Å². The van der Waals surface area contributed by atoms with Crippen LogP contribution in [0, 0.1) is 5.82 Å². The lowest BCUT2D eigenvalue weighted by molar-refractivity contribution is 0.613. The lowest BCUT2D eigenvalue weighted by atomic mass is 10.1. The van der Waals surface area contributed by atoms with Crippen molar-refractivity contribution < 1.29 is 4.39 Å². The normalized spacial score (nSPS) is 14.6. The summed E-state index contributed by atoms with van der Waals surface area (Å²) in [4.78, 5) is 3.52. The fraction of sp³-hybridized carbons (Fsp3) is 0.333. The average Bonchev–Trinajstić information content (AvgIpc) is 3.14. The minimum atomic E-state index is -0.111. The van der Waals surface area contributed by atoms with E-state index in [9.17, 15) is 4.39 Å². The number of thiophene rings is 1. The van der Waals surface area contributed by atoms with E-state index in [-0.39, 0.29) is 5.82 Å². The van der Waals surface area contributed by atoms with E-state index in [0.717, 1.165) is 17.8 Å². The Kier molecular flexibility index (Phi) is 3.89. The molecule has 19 heavy (non-hydrogen) atoms. The third-order valence-corrected chi connectivity index (χ3v) is 4.86. The Morgan fingerprint density at radius 1 is 1.26 bits per heavy atom. The quantitative estimate of drug-likeness (QED) is 0.696. The predicted octanol–water partition coefficient (Wildman–Crippen LogP) is 4.95. The first-order chi connectivity index (χ1) is 9.29. The molecule has 0 unspecified atom stereocenters. The van der Waals surface area contributed by atoms with Gasteiger partial charge < -0.3 is 4.90 Å². The van der Waals surface area contributed by atoms with Crippen LogP contribution >= 0.6 is 27.3 Å². The van der Waals surface area contributed by atoms with Gasteiger partial charge in [0.25, 0.3) is 0 Å². The van der Waals surface area contributed by atoms with Gasteiger partial charge in [-0.05, 0) is 35.9 Å². The summed E-state index contributed by atoms with van der Waals surface area (Å²) in [6.07, 6.45) is 2.34. The highest BCUT2D eigenvalue weighted by molar-refractivity contribution is 9.08. The van der Waals surface area contributed by atoms with Crippen LogP contribution in [-0.2, 0) is 11.9 Å². The standard InChI is InChI=1S/C15H15BrFNS/c16-9-11-3-1-5-14(17)15(11)18(12-6-7-12)10-13-4-2-8-19-13/h1-5,8,12H,6-7,9-10H2. The third kappa shape index (κ3) is 2.84. The summed E-state index contributed by atoms with van der Waals surface area (Å²) in [7, 11) is 0. The van der Waals surface area contributed by atoms with Crippen molar-refractivity contribution in [2.24, 2.45) is 0 Å². The SMILES string of the molecule is Fc1cccc(CBr)c1N(Cc1cccs1)C1CC1. The molecule has 0 N–H and O–H groups in total. The van der Waals surface area contributed by atoms with Gasteiger partial charge in [-0.1, -0.05) is 34.1 Å². The van der Waals surface area contributed by atoms with E-state index < -0.39 is 0 Å². The Balaban J connectivity index is 1.96. The molecule has 1 aliphatic rings.